The van der Waals surface area contributed by atoms with Crippen LogP contribution < -0.4 is 0 Å². The minimum absolute atomic E-state index is 0.00519. The molecule has 3 rings (SSSR count). The van der Waals surface area contributed by atoms with Crippen LogP contribution in [0.25, 0.3) is 0 Å². The molecule has 1 aromatic heterocycles. The summed E-state index contributed by atoms with van der Waals surface area (Å²) in [4.78, 5) is 16.6. The topological polar surface area (TPSA) is 50.5 Å². The average molecular weight is 300 g/mol. The van der Waals surface area contributed by atoms with E-state index in [0.29, 0.717) is 5.75 Å². The molecule has 0 radical (unpaired) electrons. The first-order valence-corrected chi connectivity index (χ1v) is 7.74. The van der Waals surface area contributed by atoms with Crippen molar-refractivity contribution in [3.63, 3.8) is 0 Å². The Balaban J connectivity index is 1.66. The number of hydrazone groups is 1. The van der Waals surface area contributed by atoms with Crippen LogP contribution in [0.4, 0.5) is 0 Å². The van der Waals surface area contributed by atoms with Gasteiger partial charge in [-0.3, -0.25) is 4.79 Å². The Morgan fingerprint density at radius 2 is 2.19 bits per heavy atom. The molecule has 21 heavy (non-hydrogen) atoms. The molecule has 1 amide bonds. The molecule has 0 saturated heterocycles. The lowest BCUT2D eigenvalue weighted by molar-refractivity contribution is -0.130. The molecule has 6 heteroatoms. The van der Waals surface area contributed by atoms with E-state index in [9.17, 15) is 4.79 Å². The van der Waals surface area contributed by atoms with Gasteiger partial charge in [0.15, 0.2) is 5.16 Å². The second-order valence-electron chi connectivity index (χ2n) is 4.81. The van der Waals surface area contributed by atoms with E-state index < -0.39 is 0 Å². The molecule has 2 aromatic rings. The second-order valence-corrected chi connectivity index (χ2v) is 5.75. The predicted molar refractivity (Wildman–Crippen MR) is 83.1 cm³/mol. The van der Waals surface area contributed by atoms with Gasteiger partial charge in [0, 0.05) is 32.1 Å². The molecule has 1 atom stereocenters. The highest BCUT2D eigenvalue weighted by molar-refractivity contribution is 7.99. The first kappa shape index (κ1) is 13.9. The van der Waals surface area contributed by atoms with E-state index in [2.05, 4.69) is 10.1 Å². The van der Waals surface area contributed by atoms with Gasteiger partial charge in [0.1, 0.15) is 0 Å². The molecule has 0 saturated carbocycles. The summed E-state index contributed by atoms with van der Waals surface area (Å²) < 4.78 is 1.90. The first-order valence-electron chi connectivity index (χ1n) is 6.75. The molecule has 2 heterocycles. The van der Waals surface area contributed by atoms with E-state index in [1.54, 1.807) is 17.4 Å². The fourth-order valence-corrected chi connectivity index (χ4v) is 3.07. The highest BCUT2D eigenvalue weighted by atomic mass is 32.2. The summed E-state index contributed by atoms with van der Waals surface area (Å²) in [5.74, 6) is 0.344. The van der Waals surface area contributed by atoms with Crippen LogP contribution in [0.3, 0.4) is 0 Å². The summed E-state index contributed by atoms with van der Waals surface area (Å²) in [6.07, 6.45) is 6.17. The van der Waals surface area contributed by atoms with Gasteiger partial charge < -0.3 is 4.57 Å². The molecule has 0 aliphatic carbocycles. The maximum Gasteiger partial charge on any atom is 0.253 e. The molecule has 1 aromatic carbocycles. The van der Waals surface area contributed by atoms with E-state index in [1.165, 1.54) is 11.8 Å². The van der Waals surface area contributed by atoms with Crippen LogP contribution in [0.15, 0.2) is 53.0 Å². The van der Waals surface area contributed by atoms with Gasteiger partial charge in [-0.25, -0.2) is 9.99 Å². The number of carbonyl (C=O) groups is 1. The summed E-state index contributed by atoms with van der Waals surface area (Å²) in [5.41, 5.74) is 1.12. The van der Waals surface area contributed by atoms with Crippen molar-refractivity contribution in [2.24, 2.45) is 12.1 Å². The minimum Gasteiger partial charge on any atom is -0.329 e. The van der Waals surface area contributed by atoms with E-state index >= 15 is 0 Å². The van der Waals surface area contributed by atoms with Crippen molar-refractivity contribution in [3.05, 3.63) is 48.3 Å². The zero-order chi connectivity index (χ0) is 14.7. The van der Waals surface area contributed by atoms with Crippen molar-refractivity contribution >= 4 is 23.9 Å². The summed E-state index contributed by atoms with van der Waals surface area (Å²) in [6, 6.07) is 10.0. The predicted octanol–water partition coefficient (Wildman–Crippen LogP) is 2.47. The normalized spacial score (nSPS) is 17.4. The fourth-order valence-electron chi connectivity index (χ4n) is 2.29. The Morgan fingerprint density at radius 3 is 2.90 bits per heavy atom. The van der Waals surface area contributed by atoms with E-state index in [-0.39, 0.29) is 11.9 Å². The van der Waals surface area contributed by atoms with Crippen LogP contribution in [-0.4, -0.2) is 32.4 Å². The fraction of sp³-hybridized carbons (Fsp3) is 0.267. The Morgan fingerprint density at radius 1 is 1.38 bits per heavy atom. The number of imidazole rings is 1. The number of nitrogens with zero attached hydrogens (tertiary/aromatic N) is 4. The second kappa shape index (κ2) is 6.13. The lowest BCUT2D eigenvalue weighted by Gasteiger charge is -2.22. The molecule has 5 nitrogen and oxygen atoms in total. The molecule has 1 aliphatic rings. The van der Waals surface area contributed by atoms with Crippen LogP contribution in [0, 0.1) is 0 Å². The number of carbonyl (C=O) groups excluding carboxylic acids is 1. The number of benzene rings is 1. The Hall–Kier alpha value is -2.08. The summed E-state index contributed by atoms with van der Waals surface area (Å²) in [5, 5.41) is 6.66. The third-order valence-electron chi connectivity index (χ3n) is 3.37. The first-order chi connectivity index (χ1) is 10.3. The summed E-state index contributed by atoms with van der Waals surface area (Å²) in [6.45, 7) is 0. The monoisotopic (exact) mass is 300 g/mol. The highest BCUT2D eigenvalue weighted by Crippen LogP contribution is 2.29. The van der Waals surface area contributed by atoms with Crippen molar-refractivity contribution < 1.29 is 4.79 Å². The molecule has 0 fully saturated rings. The quantitative estimate of drug-likeness (QED) is 0.815. The number of aryl methyl sites for hydroxylation is 1. The maximum absolute atomic E-state index is 12.4. The number of amides is 1. The smallest absolute Gasteiger partial charge is 0.253 e. The lowest BCUT2D eigenvalue weighted by Crippen LogP contribution is -2.28. The zero-order valence-corrected chi connectivity index (χ0v) is 12.5. The number of rotatable bonds is 4. The van der Waals surface area contributed by atoms with Gasteiger partial charge in [0.2, 0.25) is 0 Å². The Kier molecular flexibility index (Phi) is 4.06. The minimum atomic E-state index is 0.00519. The van der Waals surface area contributed by atoms with Gasteiger partial charge in [-0.05, 0) is 5.56 Å². The van der Waals surface area contributed by atoms with Crippen molar-refractivity contribution in [2.75, 3.05) is 5.75 Å². The number of thioether (sulfide) groups is 1. The Labute approximate surface area is 127 Å². The van der Waals surface area contributed by atoms with Gasteiger partial charge >= 0.3 is 0 Å². The van der Waals surface area contributed by atoms with Crippen molar-refractivity contribution in [3.8, 4) is 0 Å². The average Bonchev–Trinajstić information content (AvgIpc) is 3.15. The third kappa shape index (κ3) is 3.00. The number of hydrogen-bond acceptors (Lipinski definition) is 4. The van der Waals surface area contributed by atoms with E-state index in [0.717, 1.165) is 17.1 Å². The lowest BCUT2D eigenvalue weighted by atomic mass is 10.0. The van der Waals surface area contributed by atoms with Gasteiger partial charge in [-0.2, -0.15) is 5.10 Å². The SMILES string of the molecule is Cn1ccnc1SCC(=O)N1N=CCC1c1ccccc1. The van der Waals surface area contributed by atoms with Crippen molar-refractivity contribution in [1.29, 1.82) is 0 Å². The molecule has 0 spiro atoms. The zero-order valence-electron chi connectivity index (χ0n) is 11.7. The summed E-state index contributed by atoms with van der Waals surface area (Å²) >= 11 is 1.43. The molecule has 108 valence electrons. The maximum atomic E-state index is 12.4. The standard InChI is InChI=1S/C15H16N4OS/c1-18-10-9-16-15(18)21-11-14(20)19-13(7-8-17-19)12-5-3-2-4-6-12/h2-6,8-10,13H,7,11H2,1H3. The Bertz CT molecular complexity index is 653. The molecule has 0 N–H and O–H groups in total. The van der Waals surface area contributed by atoms with Crippen LogP contribution in [0.2, 0.25) is 0 Å². The van der Waals surface area contributed by atoms with Gasteiger partial charge in [-0.15, -0.1) is 0 Å². The van der Waals surface area contributed by atoms with Gasteiger partial charge in [-0.1, -0.05) is 42.1 Å². The van der Waals surface area contributed by atoms with Gasteiger partial charge in [0.25, 0.3) is 5.91 Å². The number of hydrogen-bond donors (Lipinski definition) is 0. The molecule has 1 aliphatic heterocycles. The van der Waals surface area contributed by atoms with Crippen LogP contribution in [0.5, 0.6) is 0 Å². The molecular formula is C15H16N4OS. The van der Waals surface area contributed by atoms with E-state index in [1.807, 2.05) is 48.1 Å². The molecular weight excluding hydrogens is 284 g/mol. The van der Waals surface area contributed by atoms with E-state index in [4.69, 9.17) is 0 Å². The van der Waals surface area contributed by atoms with Crippen LogP contribution in [0.1, 0.15) is 18.0 Å². The largest absolute Gasteiger partial charge is 0.329 e. The van der Waals surface area contributed by atoms with Gasteiger partial charge in [0.05, 0.1) is 11.8 Å². The highest BCUT2D eigenvalue weighted by Gasteiger charge is 2.28. The third-order valence-corrected chi connectivity index (χ3v) is 4.41. The van der Waals surface area contributed by atoms with Crippen molar-refractivity contribution in [2.45, 2.75) is 17.6 Å². The van der Waals surface area contributed by atoms with Crippen molar-refractivity contribution in [1.82, 2.24) is 14.6 Å². The molecule has 0 bridgehead atoms. The molecule has 1 unspecified atom stereocenters. The van der Waals surface area contributed by atoms with Crippen LogP contribution in [-0.2, 0) is 11.8 Å². The summed E-state index contributed by atoms with van der Waals surface area (Å²) in [7, 11) is 1.92. The number of aromatic nitrogens is 2. The van der Waals surface area contributed by atoms with Crippen LogP contribution >= 0.6 is 11.8 Å².